The average Bonchev–Trinajstić information content (AvgIpc) is 2.28. The molecule has 1 aliphatic carbocycles. The minimum Gasteiger partial charge on any atom is -0.490 e. The van der Waals surface area contributed by atoms with Gasteiger partial charge in [0.1, 0.15) is 10.7 Å². The SMILES string of the molecule is Cc1ccc(OC2CC(C)CC(C)(C)C2)c(C(N)=S)c1. The van der Waals surface area contributed by atoms with E-state index in [4.69, 9.17) is 22.7 Å². The summed E-state index contributed by atoms with van der Waals surface area (Å²) in [5.41, 5.74) is 8.17. The first kappa shape index (κ1) is 15.3. The van der Waals surface area contributed by atoms with Gasteiger partial charge in [0.15, 0.2) is 0 Å². The predicted octanol–water partition coefficient (Wildman–Crippen LogP) is 4.22. The maximum Gasteiger partial charge on any atom is 0.129 e. The molecule has 3 heteroatoms. The molecule has 110 valence electrons. The van der Waals surface area contributed by atoms with E-state index in [2.05, 4.69) is 26.8 Å². The molecule has 0 radical (unpaired) electrons. The maximum atomic E-state index is 6.24. The van der Waals surface area contributed by atoms with E-state index >= 15 is 0 Å². The Morgan fingerprint density at radius 3 is 2.65 bits per heavy atom. The van der Waals surface area contributed by atoms with E-state index in [0.717, 1.165) is 29.7 Å². The number of thiocarbonyl (C=S) groups is 1. The van der Waals surface area contributed by atoms with Gasteiger partial charge in [0.2, 0.25) is 0 Å². The standard InChI is InChI=1S/C17H25NOS/c1-11-5-6-15(14(8-11)16(18)20)19-13-7-12(2)9-17(3,4)10-13/h5-6,8,12-13H,7,9-10H2,1-4H3,(H2,18,20). The summed E-state index contributed by atoms with van der Waals surface area (Å²) in [6.07, 6.45) is 3.71. The number of benzene rings is 1. The Morgan fingerprint density at radius 2 is 2.05 bits per heavy atom. The van der Waals surface area contributed by atoms with Crippen LogP contribution in [0.25, 0.3) is 0 Å². The smallest absolute Gasteiger partial charge is 0.129 e. The van der Waals surface area contributed by atoms with Gasteiger partial charge < -0.3 is 10.5 Å². The average molecular weight is 291 g/mol. The van der Waals surface area contributed by atoms with Gasteiger partial charge in [0.25, 0.3) is 0 Å². The van der Waals surface area contributed by atoms with E-state index < -0.39 is 0 Å². The van der Waals surface area contributed by atoms with E-state index in [1.807, 2.05) is 19.1 Å². The summed E-state index contributed by atoms with van der Waals surface area (Å²) < 4.78 is 6.24. The van der Waals surface area contributed by atoms with Gasteiger partial charge in [-0.2, -0.15) is 0 Å². The van der Waals surface area contributed by atoms with Crippen LogP contribution in [-0.2, 0) is 0 Å². The lowest BCUT2D eigenvalue weighted by molar-refractivity contribution is 0.0561. The van der Waals surface area contributed by atoms with Gasteiger partial charge in [-0.1, -0.05) is 44.6 Å². The summed E-state index contributed by atoms with van der Waals surface area (Å²) in [5, 5.41) is 0. The summed E-state index contributed by atoms with van der Waals surface area (Å²) in [4.78, 5) is 0.409. The monoisotopic (exact) mass is 291 g/mol. The van der Waals surface area contributed by atoms with Crippen molar-refractivity contribution in [2.75, 3.05) is 0 Å². The van der Waals surface area contributed by atoms with Gasteiger partial charge in [-0.15, -0.1) is 0 Å². The molecular weight excluding hydrogens is 266 g/mol. The third-order valence-corrected chi connectivity index (χ3v) is 4.26. The van der Waals surface area contributed by atoms with Crippen LogP contribution in [0.5, 0.6) is 5.75 Å². The van der Waals surface area contributed by atoms with Gasteiger partial charge in [-0.3, -0.25) is 0 Å². The second-order valence-electron chi connectivity index (χ2n) is 7.02. The summed E-state index contributed by atoms with van der Waals surface area (Å²) in [6.45, 7) is 8.99. The van der Waals surface area contributed by atoms with Crippen molar-refractivity contribution in [3.05, 3.63) is 29.3 Å². The summed E-state index contributed by atoms with van der Waals surface area (Å²) >= 11 is 5.14. The molecule has 1 aromatic carbocycles. The molecule has 0 amide bonds. The zero-order chi connectivity index (χ0) is 14.9. The molecular formula is C17H25NOS. The van der Waals surface area contributed by atoms with Crippen LogP contribution in [0.2, 0.25) is 0 Å². The van der Waals surface area contributed by atoms with Crippen molar-refractivity contribution in [3.63, 3.8) is 0 Å². The third kappa shape index (κ3) is 3.72. The largest absolute Gasteiger partial charge is 0.490 e. The van der Waals surface area contributed by atoms with Crippen molar-refractivity contribution in [3.8, 4) is 5.75 Å². The van der Waals surface area contributed by atoms with Crippen molar-refractivity contribution in [2.24, 2.45) is 17.1 Å². The van der Waals surface area contributed by atoms with Crippen molar-refractivity contribution < 1.29 is 4.74 Å². The first-order valence-corrected chi connectivity index (χ1v) is 7.75. The first-order valence-electron chi connectivity index (χ1n) is 7.34. The quantitative estimate of drug-likeness (QED) is 0.847. The number of ether oxygens (including phenoxy) is 1. The van der Waals surface area contributed by atoms with Crippen LogP contribution < -0.4 is 10.5 Å². The first-order chi connectivity index (χ1) is 9.27. The molecule has 0 spiro atoms. The lowest BCUT2D eigenvalue weighted by Gasteiger charge is -2.39. The van der Waals surface area contributed by atoms with Gasteiger partial charge in [-0.05, 0) is 49.7 Å². The number of aryl methyl sites for hydroxylation is 1. The molecule has 0 aromatic heterocycles. The molecule has 20 heavy (non-hydrogen) atoms. The van der Waals surface area contributed by atoms with Crippen LogP contribution in [0.4, 0.5) is 0 Å². The van der Waals surface area contributed by atoms with E-state index in [1.54, 1.807) is 0 Å². The molecule has 1 saturated carbocycles. The zero-order valence-corrected chi connectivity index (χ0v) is 13.7. The van der Waals surface area contributed by atoms with Crippen LogP contribution in [-0.4, -0.2) is 11.1 Å². The second kappa shape index (κ2) is 5.72. The Kier molecular flexibility index (Phi) is 4.38. The molecule has 0 heterocycles. The van der Waals surface area contributed by atoms with E-state index in [1.165, 1.54) is 6.42 Å². The Labute approximate surface area is 127 Å². The molecule has 0 aliphatic heterocycles. The zero-order valence-electron chi connectivity index (χ0n) is 12.9. The highest BCUT2D eigenvalue weighted by molar-refractivity contribution is 7.80. The van der Waals surface area contributed by atoms with Gasteiger partial charge in [-0.25, -0.2) is 0 Å². The minimum atomic E-state index is 0.254. The Bertz CT molecular complexity index is 510. The molecule has 2 N–H and O–H groups in total. The fraction of sp³-hybridized carbons (Fsp3) is 0.588. The van der Waals surface area contributed by atoms with Crippen molar-refractivity contribution in [1.82, 2.24) is 0 Å². The molecule has 0 saturated heterocycles. The van der Waals surface area contributed by atoms with Crippen molar-refractivity contribution in [1.29, 1.82) is 0 Å². The van der Waals surface area contributed by atoms with Crippen LogP contribution in [0.3, 0.4) is 0 Å². The van der Waals surface area contributed by atoms with Gasteiger partial charge in [0, 0.05) is 0 Å². The van der Waals surface area contributed by atoms with Crippen LogP contribution in [0.15, 0.2) is 18.2 Å². The highest BCUT2D eigenvalue weighted by Crippen LogP contribution is 2.40. The molecule has 1 aliphatic rings. The fourth-order valence-electron chi connectivity index (χ4n) is 3.47. The summed E-state index contributed by atoms with van der Waals surface area (Å²) in [5.74, 6) is 1.53. The van der Waals surface area contributed by atoms with Gasteiger partial charge >= 0.3 is 0 Å². The Morgan fingerprint density at radius 1 is 1.35 bits per heavy atom. The molecule has 2 nitrogen and oxygen atoms in total. The second-order valence-corrected chi connectivity index (χ2v) is 7.46. The Hall–Kier alpha value is -1.09. The summed E-state index contributed by atoms with van der Waals surface area (Å²) in [6, 6.07) is 6.06. The highest BCUT2D eigenvalue weighted by atomic mass is 32.1. The lowest BCUT2D eigenvalue weighted by Crippen LogP contribution is -2.34. The molecule has 0 bridgehead atoms. The number of rotatable bonds is 3. The Balaban J connectivity index is 2.19. The fourth-order valence-corrected chi connectivity index (χ4v) is 3.63. The van der Waals surface area contributed by atoms with Crippen molar-refractivity contribution >= 4 is 17.2 Å². The number of hydrogen-bond donors (Lipinski definition) is 1. The van der Waals surface area contributed by atoms with Crippen molar-refractivity contribution in [2.45, 2.75) is 53.1 Å². The summed E-state index contributed by atoms with van der Waals surface area (Å²) in [7, 11) is 0. The molecule has 2 rings (SSSR count). The van der Waals surface area contributed by atoms with Crippen LogP contribution in [0, 0.1) is 18.3 Å². The predicted molar refractivity (Wildman–Crippen MR) is 88.3 cm³/mol. The van der Waals surface area contributed by atoms with Crippen LogP contribution >= 0.6 is 12.2 Å². The normalized spacial score (nSPS) is 25.2. The van der Waals surface area contributed by atoms with E-state index in [0.29, 0.717) is 16.3 Å². The maximum absolute atomic E-state index is 6.24. The number of hydrogen-bond acceptors (Lipinski definition) is 2. The molecule has 1 aromatic rings. The van der Waals surface area contributed by atoms with Gasteiger partial charge in [0.05, 0.1) is 11.7 Å². The minimum absolute atomic E-state index is 0.254. The van der Waals surface area contributed by atoms with E-state index in [-0.39, 0.29) is 6.10 Å². The highest BCUT2D eigenvalue weighted by Gasteiger charge is 2.33. The molecule has 2 unspecified atom stereocenters. The third-order valence-electron chi connectivity index (χ3n) is 4.04. The molecule has 2 atom stereocenters. The molecule has 1 fully saturated rings. The lowest BCUT2D eigenvalue weighted by atomic mass is 9.71. The number of nitrogens with two attached hydrogens (primary N) is 1. The van der Waals surface area contributed by atoms with Crippen LogP contribution in [0.1, 0.15) is 51.2 Å². The van der Waals surface area contributed by atoms with E-state index in [9.17, 15) is 0 Å². The topological polar surface area (TPSA) is 35.2 Å².